The average Bonchev–Trinajstić information content (AvgIpc) is 2.79. The van der Waals surface area contributed by atoms with Gasteiger partial charge in [-0.05, 0) is 6.92 Å². The first-order chi connectivity index (χ1) is 10.3. The molecule has 1 rings (SSSR count). The predicted octanol–water partition coefficient (Wildman–Crippen LogP) is 2.03. The second kappa shape index (κ2) is 8.51. The predicted molar refractivity (Wildman–Crippen MR) is 74.5 cm³/mol. The smallest absolute Gasteiger partial charge is 0.405 e. The highest BCUT2D eigenvalue weighted by atomic mass is 32.2. The largest absolute Gasteiger partial charge is 0.447 e. The van der Waals surface area contributed by atoms with Crippen LogP contribution in [0.2, 0.25) is 0 Å². The number of nitrogens with zero attached hydrogens (tertiary/aromatic N) is 2. The molecule has 0 aliphatic rings. The van der Waals surface area contributed by atoms with Crippen molar-refractivity contribution in [3.63, 3.8) is 0 Å². The number of nitro groups is 1. The monoisotopic (exact) mass is 340 g/mol. The Bertz CT molecular complexity index is 519. The van der Waals surface area contributed by atoms with E-state index in [9.17, 15) is 23.3 Å². The molecule has 0 aliphatic carbocycles. The quantitative estimate of drug-likeness (QED) is 0.404. The van der Waals surface area contributed by atoms with Crippen LogP contribution in [0.5, 0.6) is 0 Å². The fourth-order valence-corrected chi connectivity index (χ4v) is 2.20. The number of alkyl halides is 3. The minimum atomic E-state index is -4.45. The lowest BCUT2D eigenvalue weighted by Crippen LogP contribution is -2.35. The van der Waals surface area contributed by atoms with Gasteiger partial charge in [0.2, 0.25) is 0 Å². The molecule has 0 unspecified atom stereocenters. The summed E-state index contributed by atoms with van der Waals surface area (Å²) in [5, 5.41) is 14.9. The van der Waals surface area contributed by atoms with E-state index in [2.05, 4.69) is 10.3 Å². The fourth-order valence-electron chi connectivity index (χ4n) is 1.34. The minimum absolute atomic E-state index is 0.266. The fraction of sp³-hybridized carbons (Fsp3) is 0.545. The van der Waals surface area contributed by atoms with Crippen LogP contribution in [-0.2, 0) is 5.75 Å². The number of halogens is 3. The molecular formula is C11H15F3N4O3S. The maximum absolute atomic E-state index is 12.1. The molecule has 11 heteroatoms. The molecule has 2 N–H and O–H groups in total. The molecule has 7 nitrogen and oxygen atoms in total. The van der Waals surface area contributed by atoms with E-state index in [0.29, 0.717) is 17.7 Å². The molecule has 0 amide bonds. The van der Waals surface area contributed by atoms with Gasteiger partial charge >= 0.3 is 6.18 Å². The lowest BCUT2D eigenvalue weighted by Gasteiger charge is -2.12. The van der Waals surface area contributed by atoms with Crippen molar-refractivity contribution in [3.05, 3.63) is 40.0 Å². The zero-order valence-corrected chi connectivity index (χ0v) is 12.5. The number of hydrogen-bond donors (Lipinski definition) is 2. The summed E-state index contributed by atoms with van der Waals surface area (Å²) in [7, 11) is 0. The summed E-state index contributed by atoms with van der Waals surface area (Å²) >= 11 is 1.47. The molecule has 22 heavy (non-hydrogen) atoms. The molecule has 1 aromatic rings. The van der Waals surface area contributed by atoms with Crippen molar-refractivity contribution >= 4 is 11.8 Å². The van der Waals surface area contributed by atoms with E-state index in [4.69, 9.17) is 4.42 Å². The maximum atomic E-state index is 12.1. The van der Waals surface area contributed by atoms with Gasteiger partial charge in [0.25, 0.3) is 6.20 Å². The van der Waals surface area contributed by atoms with Gasteiger partial charge in [0.05, 0.1) is 16.4 Å². The molecule has 0 bridgehead atoms. The molecule has 1 heterocycles. The van der Waals surface area contributed by atoms with Gasteiger partial charge in [-0.15, -0.1) is 0 Å². The van der Waals surface area contributed by atoms with Crippen LogP contribution in [0.3, 0.4) is 0 Å². The zero-order valence-electron chi connectivity index (χ0n) is 11.6. The lowest BCUT2D eigenvalue weighted by atomic mass is 10.4. The summed E-state index contributed by atoms with van der Waals surface area (Å²) in [6.07, 6.45) is -2.64. The van der Waals surface area contributed by atoms with Crippen LogP contribution < -0.4 is 10.6 Å². The maximum Gasteiger partial charge on any atom is 0.405 e. The van der Waals surface area contributed by atoms with Gasteiger partial charge in [-0.1, -0.05) is 0 Å². The van der Waals surface area contributed by atoms with E-state index >= 15 is 0 Å². The highest BCUT2D eigenvalue weighted by Gasteiger charge is 2.27. The number of oxazole rings is 1. The first-order valence-electron chi connectivity index (χ1n) is 6.14. The zero-order chi connectivity index (χ0) is 16.6. The minimum Gasteiger partial charge on any atom is -0.447 e. The average molecular weight is 340 g/mol. The van der Waals surface area contributed by atoms with Gasteiger partial charge < -0.3 is 15.1 Å². The molecule has 0 aromatic carbocycles. The summed E-state index contributed by atoms with van der Waals surface area (Å²) in [5.41, 5.74) is 0.779. The molecule has 0 saturated carbocycles. The Morgan fingerprint density at radius 1 is 1.55 bits per heavy atom. The molecule has 0 radical (unpaired) electrons. The normalized spacial score (nSPS) is 12.3. The van der Waals surface area contributed by atoms with Gasteiger partial charge in [0, 0.05) is 12.3 Å². The molecule has 0 fully saturated rings. The highest BCUT2D eigenvalue weighted by molar-refractivity contribution is 7.98. The molecule has 124 valence electrons. The van der Waals surface area contributed by atoms with Gasteiger partial charge in [0.1, 0.15) is 12.3 Å². The first-order valence-corrected chi connectivity index (χ1v) is 7.30. The Labute approximate surface area is 128 Å². The SMILES string of the molecule is Cc1ncoc1CSCCNC(=C[N+](=O)[O-])NCC(F)(F)F. The van der Waals surface area contributed by atoms with Crippen molar-refractivity contribution in [2.45, 2.75) is 18.9 Å². The number of nitrogens with one attached hydrogen (secondary N) is 2. The van der Waals surface area contributed by atoms with E-state index in [1.807, 2.05) is 5.32 Å². The van der Waals surface area contributed by atoms with Crippen molar-refractivity contribution < 1.29 is 22.5 Å². The van der Waals surface area contributed by atoms with Gasteiger partial charge in [-0.2, -0.15) is 24.9 Å². The Hall–Kier alpha value is -1.91. The number of aryl methyl sites for hydroxylation is 1. The molecule has 0 saturated heterocycles. The van der Waals surface area contributed by atoms with E-state index < -0.39 is 17.6 Å². The van der Waals surface area contributed by atoms with Crippen molar-refractivity contribution in [3.8, 4) is 0 Å². The molecular weight excluding hydrogens is 325 g/mol. The Kier molecular flexibility index (Phi) is 7.02. The Morgan fingerprint density at radius 2 is 2.27 bits per heavy atom. The third-order valence-corrected chi connectivity index (χ3v) is 3.31. The second-order valence-electron chi connectivity index (χ2n) is 4.14. The number of hydrogen-bond acceptors (Lipinski definition) is 7. The lowest BCUT2D eigenvalue weighted by molar-refractivity contribution is -0.404. The standard InChI is InChI=1S/C11H15F3N4O3S/c1-8-9(21-7-17-8)5-22-3-2-15-10(4-18(19)20)16-6-11(12,13)14/h4,7,15-16H,2-3,5-6H2,1H3. The third-order valence-electron chi connectivity index (χ3n) is 2.35. The van der Waals surface area contributed by atoms with E-state index in [1.54, 1.807) is 6.92 Å². The van der Waals surface area contributed by atoms with Gasteiger partial charge in [0.15, 0.2) is 12.2 Å². The van der Waals surface area contributed by atoms with Crippen LogP contribution in [0.4, 0.5) is 13.2 Å². The van der Waals surface area contributed by atoms with Crippen LogP contribution in [0.1, 0.15) is 11.5 Å². The van der Waals surface area contributed by atoms with E-state index in [1.165, 1.54) is 18.2 Å². The summed E-state index contributed by atoms with van der Waals surface area (Å²) in [4.78, 5) is 13.5. The third kappa shape index (κ3) is 7.76. The number of thioether (sulfide) groups is 1. The van der Waals surface area contributed by atoms with Crippen LogP contribution in [0.15, 0.2) is 22.8 Å². The number of aromatic nitrogens is 1. The molecule has 1 aromatic heterocycles. The van der Waals surface area contributed by atoms with Crippen molar-refractivity contribution in [2.75, 3.05) is 18.8 Å². The van der Waals surface area contributed by atoms with Crippen LogP contribution in [0.25, 0.3) is 0 Å². The Morgan fingerprint density at radius 3 is 2.82 bits per heavy atom. The van der Waals surface area contributed by atoms with Gasteiger partial charge in [-0.25, -0.2) is 4.98 Å². The van der Waals surface area contributed by atoms with E-state index in [-0.39, 0.29) is 12.4 Å². The molecule has 0 aliphatic heterocycles. The second-order valence-corrected chi connectivity index (χ2v) is 5.24. The highest BCUT2D eigenvalue weighted by Crippen LogP contribution is 2.15. The summed E-state index contributed by atoms with van der Waals surface area (Å²) in [6, 6.07) is 0. The van der Waals surface area contributed by atoms with Gasteiger partial charge in [-0.3, -0.25) is 10.1 Å². The summed E-state index contributed by atoms with van der Waals surface area (Å²) < 4.78 is 41.4. The van der Waals surface area contributed by atoms with Crippen LogP contribution in [-0.4, -0.2) is 34.9 Å². The van der Waals surface area contributed by atoms with Crippen molar-refractivity contribution in [1.29, 1.82) is 0 Å². The number of rotatable bonds is 9. The van der Waals surface area contributed by atoms with Crippen molar-refractivity contribution in [2.24, 2.45) is 0 Å². The van der Waals surface area contributed by atoms with Crippen LogP contribution >= 0.6 is 11.8 Å². The molecule has 0 atom stereocenters. The summed E-state index contributed by atoms with van der Waals surface area (Å²) in [5.74, 6) is 1.54. The first kappa shape index (κ1) is 18.1. The topological polar surface area (TPSA) is 93.2 Å². The summed E-state index contributed by atoms with van der Waals surface area (Å²) in [6.45, 7) is 0.725. The van der Waals surface area contributed by atoms with E-state index in [0.717, 1.165) is 11.5 Å². The molecule has 0 spiro atoms. The van der Waals surface area contributed by atoms with Crippen LogP contribution in [0, 0.1) is 17.0 Å². The van der Waals surface area contributed by atoms with Crippen molar-refractivity contribution in [1.82, 2.24) is 15.6 Å². The Balaban J connectivity index is 2.31.